The average Bonchev–Trinajstić information content (AvgIpc) is 2.26. The van der Waals surface area contributed by atoms with Gasteiger partial charge in [0.1, 0.15) is 5.82 Å². The standard InChI is InChI=1S/C11H8F3N3/c12-8-2-10(14)11(3-9(8)13)17-7-1-6(15)4-16-5-7/h1-5,17H,15H2. The fourth-order valence-corrected chi connectivity index (χ4v) is 1.30. The summed E-state index contributed by atoms with van der Waals surface area (Å²) in [6.45, 7) is 0. The van der Waals surface area contributed by atoms with Gasteiger partial charge in [0.15, 0.2) is 11.6 Å². The van der Waals surface area contributed by atoms with E-state index in [4.69, 9.17) is 5.73 Å². The van der Waals surface area contributed by atoms with Gasteiger partial charge in [-0.15, -0.1) is 0 Å². The number of benzene rings is 1. The number of hydrogen-bond acceptors (Lipinski definition) is 3. The highest BCUT2D eigenvalue weighted by atomic mass is 19.2. The predicted octanol–water partition coefficient (Wildman–Crippen LogP) is 2.82. The van der Waals surface area contributed by atoms with Crippen molar-refractivity contribution in [1.29, 1.82) is 0 Å². The van der Waals surface area contributed by atoms with E-state index in [9.17, 15) is 13.2 Å². The van der Waals surface area contributed by atoms with Gasteiger partial charge >= 0.3 is 0 Å². The zero-order chi connectivity index (χ0) is 12.4. The number of anilines is 3. The van der Waals surface area contributed by atoms with Crippen LogP contribution >= 0.6 is 0 Å². The van der Waals surface area contributed by atoms with Crippen LogP contribution in [0.5, 0.6) is 0 Å². The minimum absolute atomic E-state index is 0.184. The summed E-state index contributed by atoms with van der Waals surface area (Å²) >= 11 is 0. The zero-order valence-electron chi connectivity index (χ0n) is 8.55. The maximum atomic E-state index is 13.3. The fraction of sp³-hybridized carbons (Fsp3) is 0. The minimum atomic E-state index is -1.24. The van der Waals surface area contributed by atoms with Crippen molar-refractivity contribution in [2.75, 3.05) is 11.1 Å². The predicted molar refractivity (Wildman–Crippen MR) is 58.2 cm³/mol. The van der Waals surface area contributed by atoms with Crippen LogP contribution in [-0.2, 0) is 0 Å². The number of aromatic nitrogens is 1. The molecule has 88 valence electrons. The van der Waals surface area contributed by atoms with Crippen LogP contribution in [0.3, 0.4) is 0 Å². The smallest absolute Gasteiger partial charge is 0.161 e. The number of nitrogens with one attached hydrogen (secondary N) is 1. The normalized spacial score (nSPS) is 10.3. The number of rotatable bonds is 2. The summed E-state index contributed by atoms with van der Waals surface area (Å²) < 4.78 is 38.9. The van der Waals surface area contributed by atoms with Crippen LogP contribution in [0.15, 0.2) is 30.6 Å². The largest absolute Gasteiger partial charge is 0.397 e. The first kappa shape index (κ1) is 11.3. The number of nitrogens with zero attached hydrogens (tertiary/aromatic N) is 1. The van der Waals surface area contributed by atoms with Gasteiger partial charge in [0.25, 0.3) is 0 Å². The van der Waals surface area contributed by atoms with Crippen LogP contribution in [0.25, 0.3) is 0 Å². The lowest BCUT2D eigenvalue weighted by Crippen LogP contribution is -1.98. The molecule has 1 aromatic heterocycles. The fourth-order valence-electron chi connectivity index (χ4n) is 1.30. The Balaban J connectivity index is 2.33. The third kappa shape index (κ3) is 2.47. The lowest BCUT2D eigenvalue weighted by atomic mass is 10.2. The Bertz CT molecular complexity index is 558. The molecule has 2 rings (SSSR count). The van der Waals surface area contributed by atoms with E-state index in [2.05, 4.69) is 10.3 Å². The van der Waals surface area contributed by atoms with Crippen LogP contribution in [0.1, 0.15) is 0 Å². The molecule has 1 heterocycles. The first-order valence-corrected chi connectivity index (χ1v) is 4.68. The van der Waals surface area contributed by atoms with Crippen LogP contribution in [0.4, 0.5) is 30.2 Å². The van der Waals surface area contributed by atoms with Crippen LogP contribution in [0.2, 0.25) is 0 Å². The molecular formula is C11H8F3N3. The molecule has 6 heteroatoms. The number of pyridine rings is 1. The van der Waals surface area contributed by atoms with Gasteiger partial charge in [-0.05, 0) is 6.07 Å². The Hall–Kier alpha value is -2.24. The summed E-state index contributed by atoms with van der Waals surface area (Å²) in [5.74, 6) is -3.27. The first-order chi connectivity index (χ1) is 8.06. The molecular weight excluding hydrogens is 231 g/mol. The molecule has 0 aliphatic heterocycles. The van der Waals surface area contributed by atoms with E-state index in [0.29, 0.717) is 17.4 Å². The highest BCUT2D eigenvalue weighted by Gasteiger charge is 2.09. The van der Waals surface area contributed by atoms with Gasteiger partial charge in [0.2, 0.25) is 0 Å². The van der Waals surface area contributed by atoms with Crippen LogP contribution in [0, 0.1) is 17.5 Å². The molecule has 0 amide bonds. The van der Waals surface area contributed by atoms with Gasteiger partial charge in [0, 0.05) is 18.3 Å². The lowest BCUT2D eigenvalue weighted by Gasteiger charge is -2.08. The Morgan fingerprint density at radius 3 is 2.35 bits per heavy atom. The second-order valence-corrected chi connectivity index (χ2v) is 3.38. The van der Waals surface area contributed by atoms with Crippen LogP contribution in [-0.4, -0.2) is 4.98 Å². The SMILES string of the molecule is Nc1cncc(Nc2cc(F)c(F)cc2F)c1. The second kappa shape index (κ2) is 4.32. The number of nitrogen functional groups attached to an aromatic ring is 1. The molecule has 0 spiro atoms. The molecule has 0 radical (unpaired) electrons. The molecule has 0 unspecified atom stereocenters. The highest BCUT2D eigenvalue weighted by molar-refractivity contribution is 5.62. The maximum Gasteiger partial charge on any atom is 0.161 e. The van der Waals surface area contributed by atoms with E-state index in [1.807, 2.05) is 0 Å². The van der Waals surface area contributed by atoms with Crippen molar-refractivity contribution in [3.8, 4) is 0 Å². The molecule has 0 bridgehead atoms. The van der Waals surface area contributed by atoms with Crippen molar-refractivity contribution in [3.63, 3.8) is 0 Å². The van der Waals surface area contributed by atoms with Crippen molar-refractivity contribution < 1.29 is 13.2 Å². The molecule has 0 saturated heterocycles. The molecule has 17 heavy (non-hydrogen) atoms. The number of nitrogens with two attached hydrogens (primary N) is 1. The number of halogens is 3. The van der Waals surface area contributed by atoms with Crippen molar-refractivity contribution in [2.45, 2.75) is 0 Å². The highest BCUT2D eigenvalue weighted by Crippen LogP contribution is 2.23. The summed E-state index contributed by atoms with van der Waals surface area (Å²) in [5, 5.41) is 2.56. The maximum absolute atomic E-state index is 13.3. The molecule has 3 N–H and O–H groups in total. The molecule has 2 aromatic rings. The van der Waals surface area contributed by atoms with Gasteiger partial charge in [-0.2, -0.15) is 0 Å². The molecule has 0 aliphatic carbocycles. The first-order valence-electron chi connectivity index (χ1n) is 4.68. The third-order valence-corrected chi connectivity index (χ3v) is 2.05. The van der Waals surface area contributed by atoms with E-state index in [0.717, 1.165) is 6.07 Å². The third-order valence-electron chi connectivity index (χ3n) is 2.05. The van der Waals surface area contributed by atoms with Gasteiger partial charge in [-0.25, -0.2) is 13.2 Å². The van der Waals surface area contributed by atoms with Crippen LogP contribution < -0.4 is 11.1 Å². The summed E-state index contributed by atoms with van der Waals surface area (Å²) in [6, 6.07) is 2.69. The van der Waals surface area contributed by atoms with Gasteiger partial charge in [-0.3, -0.25) is 4.98 Å². The monoisotopic (exact) mass is 239 g/mol. The van der Waals surface area contributed by atoms with Crippen molar-refractivity contribution in [1.82, 2.24) is 4.98 Å². The summed E-state index contributed by atoms with van der Waals surface area (Å²) in [6.07, 6.45) is 2.80. The van der Waals surface area contributed by atoms with Crippen molar-refractivity contribution in [3.05, 3.63) is 48.0 Å². The summed E-state index contributed by atoms with van der Waals surface area (Å²) in [5.41, 5.74) is 6.05. The minimum Gasteiger partial charge on any atom is -0.397 e. The average molecular weight is 239 g/mol. The molecule has 0 saturated carbocycles. The van der Waals surface area contributed by atoms with E-state index >= 15 is 0 Å². The number of hydrogen-bond donors (Lipinski definition) is 2. The lowest BCUT2D eigenvalue weighted by molar-refractivity contribution is 0.496. The van der Waals surface area contributed by atoms with Crippen molar-refractivity contribution >= 4 is 17.1 Å². The molecule has 0 aliphatic rings. The molecule has 1 aromatic carbocycles. The Morgan fingerprint density at radius 2 is 1.65 bits per heavy atom. The molecule has 3 nitrogen and oxygen atoms in total. The Labute approximate surface area is 95.1 Å². The Morgan fingerprint density at radius 1 is 0.941 bits per heavy atom. The van der Waals surface area contributed by atoms with Gasteiger partial charge in [0.05, 0.1) is 23.3 Å². The summed E-state index contributed by atoms with van der Waals surface area (Å²) in [7, 11) is 0. The van der Waals surface area contributed by atoms with E-state index < -0.39 is 17.5 Å². The molecule has 0 fully saturated rings. The second-order valence-electron chi connectivity index (χ2n) is 3.38. The van der Waals surface area contributed by atoms with Gasteiger partial charge in [-0.1, -0.05) is 0 Å². The summed E-state index contributed by atoms with van der Waals surface area (Å²) in [4.78, 5) is 3.77. The quantitative estimate of drug-likeness (QED) is 0.792. The zero-order valence-corrected chi connectivity index (χ0v) is 8.55. The van der Waals surface area contributed by atoms with Gasteiger partial charge < -0.3 is 11.1 Å². The van der Waals surface area contributed by atoms with E-state index in [1.165, 1.54) is 18.5 Å². The Kier molecular flexibility index (Phi) is 2.86. The van der Waals surface area contributed by atoms with Crippen molar-refractivity contribution in [2.24, 2.45) is 0 Å². The molecule has 0 atom stereocenters. The van der Waals surface area contributed by atoms with E-state index in [1.54, 1.807) is 0 Å². The topological polar surface area (TPSA) is 50.9 Å². The van der Waals surface area contributed by atoms with E-state index in [-0.39, 0.29) is 5.69 Å².